The fourth-order valence-corrected chi connectivity index (χ4v) is 2.19. The second-order valence-electron chi connectivity index (χ2n) is 4.66. The number of aryl methyl sites for hydroxylation is 2. The van der Waals surface area contributed by atoms with Gasteiger partial charge in [0.15, 0.2) is 0 Å². The first kappa shape index (κ1) is 12.8. The molecule has 0 aliphatic rings. The van der Waals surface area contributed by atoms with Crippen LogP contribution in [0.4, 0.5) is 0 Å². The predicted molar refractivity (Wildman–Crippen MR) is 74.5 cm³/mol. The molecular formula is C15H21N3. The maximum absolute atomic E-state index is 4.21. The van der Waals surface area contributed by atoms with Gasteiger partial charge in [0.05, 0.1) is 6.20 Å². The Kier molecular flexibility index (Phi) is 4.15. The van der Waals surface area contributed by atoms with Gasteiger partial charge in [-0.2, -0.15) is 5.10 Å². The molecule has 0 saturated carbocycles. The van der Waals surface area contributed by atoms with Gasteiger partial charge < -0.3 is 5.32 Å². The summed E-state index contributed by atoms with van der Waals surface area (Å²) in [5.41, 5.74) is 3.98. The minimum absolute atomic E-state index is 0.347. The Bertz CT molecular complexity index is 485. The van der Waals surface area contributed by atoms with Crippen LogP contribution in [-0.2, 0) is 19.9 Å². The van der Waals surface area contributed by atoms with Crippen LogP contribution in [0.15, 0.2) is 36.7 Å². The van der Waals surface area contributed by atoms with E-state index in [-0.39, 0.29) is 0 Å². The van der Waals surface area contributed by atoms with Gasteiger partial charge in [0.2, 0.25) is 0 Å². The smallest absolute Gasteiger partial charge is 0.0522 e. The monoisotopic (exact) mass is 243 g/mol. The van der Waals surface area contributed by atoms with Crippen molar-refractivity contribution in [3.8, 4) is 0 Å². The molecule has 2 rings (SSSR count). The van der Waals surface area contributed by atoms with Crippen LogP contribution in [0.3, 0.4) is 0 Å². The normalized spacial score (nSPS) is 12.6. The van der Waals surface area contributed by atoms with Crippen molar-refractivity contribution in [2.24, 2.45) is 7.05 Å². The van der Waals surface area contributed by atoms with E-state index in [9.17, 15) is 0 Å². The van der Waals surface area contributed by atoms with E-state index in [2.05, 4.69) is 47.8 Å². The topological polar surface area (TPSA) is 29.9 Å². The molecular weight excluding hydrogens is 222 g/mol. The van der Waals surface area contributed by atoms with E-state index in [0.717, 1.165) is 12.8 Å². The molecule has 0 amide bonds. The highest BCUT2D eigenvalue weighted by molar-refractivity contribution is 5.26. The van der Waals surface area contributed by atoms with E-state index in [4.69, 9.17) is 0 Å². The zero-order valence-corrected chi connectivity index (χ0v) is 11.4. The molecule has 0 fully saturated rings. The molecule has 1 aromatic heterocycles. The number of hydrogen-bond acceptors (Lipinski definition) is 2. The van der Waals surface area contributed by atoms with E-state index in [1.165, 1.54) is 16.7 Å². The molecule has 0 aliphatic heterocycles. The average Bonchev–Trinajstić information content (AvgIpc) is 2.82. The Morgan fingerprint density at radius 1 is 1.22 bits per heavy atom. The van der Waals surface area contributed by atoms with Gasteiger partial charge in [-0.15, -0.1) is 0 Å². The van der Waals surface area contributed by atoms with Crippen molar-refractivity contribution < 1.29 is 0 Å². The summed E-state index contributed by atoms with van der Waals surface area (Å²) < 4.78 is 1.85. The first-order valence-corrected chi connectivity index (χ1v) is 6.46. The lowest BCUT2D eigenvalue weighted by atomic mass is 9.99. The van der Waals surface area contributed by atoms with Crippen molar-refractivity contribution in [3.05, 3.63) is 53.3 Å². The maximum Gasteiger partial charge on any atom is 0.0522 e. The number of nitrogens with one attached hydrogen (secondary N) is 1. The van der Waals surface area contributed by atoms with Crippen LogP contribution < -0.4 is 5.32 Å². The van der Waals surface area contributed by atoms with E-state index >= 15 is 0 Å². The van der Waals surface area contributed by atoms with Crippen molar-refractivity contribution in [1.82, 2.24) is 15.1 Å². The predicted octanol–water partition coefficient (Wildman–Crippen LogP) is 2.49. The van der Waals surface area contributed by atoms with Crippen molar-refractivity contribution in [2.75, 3.05) is 7.05 Å². The van der Waals surface area contributed by atoms with Crippen LogP contribution in [0.25, 0.3) is 0 Å². The van der Waals surface area contributed by atoms with Crippen molar-refractivity contribution in [3.63, 3.8) is 0 Å². The fourth-order valence-electron chi connectivity index (χ4n) is 2.19. The summed E-state index contributed by atoms with van der Waals surface area (Å²) in [7, 11) is 3.96. The molecule has 18 heavy (non-hydrogen) atoms. The molecule has 0 aliphatic carbocycles. The Labute approximate surface area is 109 Å². The van der Waals surface area contributed by atoms with Gasteiger partial charge in [-0.1, -0.05) is 31.2 Å². The molecule has 0 radical (unpaired) electrons. The summed E-state index contributed by atoms with van der Waals surface area (Å²) in [6.45, 7) is 2.18. The zero-order chi connectivity index (χ0) is 13.0. The van der Waals surface area contributed by atoms with Crippen LogP contribution in [0, 0.1) is 0 Å². The van der Waals surface area contributed by atoms with E-state index in [1.807, 2.05) is 25.0 Å². The largest absolute Gasteiger partial charge is 0.313 e. The molecule has 3 heteroatoms. The highest BCUT2D eigenvalue weighted by atomic mass is 15.2. The highest BCUT2D eigenvalue weighted by Crippen LogP contribution is 2.18. The van der Waals surface area contributed by atoms with E-state index in [1.54, 1.807) is 0 Å². The van der Waals surface area contributed by atoms with E-state index in [0.29, 0.717) is 6.04 Å². The first-order chi connectivity index (χ1) is 8.72. The van der Waals surface area contributed by atoms with Gasteiger partial charge in [0, 0.05) is 19.3 Å². The zero-order valence-electron chi connectivity index (χ0n) is 11.4. The number of nitrogens with zero attached hydrogens (tertiary/aromatic N) is 2. The Morgan fingerprint density at radius 2 is 1.94 bits per heavy atom. The summed E-state index contributed by atoms with van der Waals surface area (Å²) in [6, 6.07) is 9.21. The molecule has 1 unspecified atom stereocenters. The molecule has 1 atom stereocenters. The Hall–Kier alpha value is -1.61. The van der Waals surface area contributed by atoms with Crippen LogP contribution in [0.2, 0.25) is 0 Å². The second kappa shape index (κ2) is 5.83. The third-order valence-electron chi connectivity index (χ3n) is 3.34. The fraction of sp³-hybridized carbons (Fsp3) is 0.400. The average molecular weight is 243 g/mol. The van der Waals surface area contributed by atoms with Gasteiger partial charge in [-0.3, -0.25) is 4.68 Å². The summed E-state index contributed by atoms with van der Waals surface area (Å²) in [6.07, 6.45) is 6.07. The van der Waals surface area contributed by atoms with Crippen molar-refractivity contribution in [2.45, 2.75) is 25.8 Å². The van der Waals surface area contributed by atoms with Crippen LogP contribution in [0.1, 0.15) is 29.7 Å². The lowest BCUT2D eigenvalue weighted by molar-refractivity contribution is 0.591. The minimum Gasteiger partial charge on any atom is -0.313 e. The van der Waals surface area contributed by atoms with Gasteiger partial charge in [-0.25, -0.2) is 0 Å². The molecule has 0 saturated heterocycles. The molecule has 1 aromatic carbocycles. The molecule has 1 heterocycles. The van der Waals surface area contributed by atoms with Crippen LogP contribution in [0.5, 0.6) is 0 Å². The molecule has 96 valence electrons. The van der Waals surface area contributed by atoms with Gasteiger partial charge >= 0.3 is 0 Å². The second-order valence-corrected chi connectivity index (χ2v) is 4.66. The standard InChI is InChI=1S/C15H21N3/c1-4-12-5-7-14(8-6-12)15(16-2)9-13-10-17-18(3)11-13/h5-8,10-11,15-16H,4,9H2,1-3H3. The van der Waals surface area contributed by atoms with Crippen LogP contribution in [-0.4, -0.2) is 16.8 Å². The molecule has 3 nitrogen and oxygen atoms in total. The third-order valence-corrected chi connectivity index (χ3v) is 3.34. The van der Waals surface area contributed by atoms with Crippen molar-refractivity contribution in [1.29, 1.82) is 0 Å². The van der Waals surface area contributed by atoms with Gasteiger partial charge in [-0.05, 0) is 36.6 Å². The number of aromatic nitrogens is 2. The number of hydrogen-bond donors (Lipinski definition) is 1. The maximum atomic E-state index is 4.21. The number of benzene rings is 1. The SMILES string of the molecule is CCc1ccc(C(Cc2cnn(C)c2)NC)cc1. The van der Waals surface area contributed by atoms with Gasteiger partial charge in [0.1, 0.15) is 0 Å². The number of likely N-dealkylation sites (N-methyl/N-ethyl adjacent to an activating group) is 1. The lowest BCUT2D eigenvalue weighted by Gasteiger charge is -2.16. The molecule has 0 spiro atoms. The van der Waals surface area contributed by atoms with E-state index < -0.39 is 0 Å². The quantitative estimate of drug-likeness (QED) is 0.874. The minimum atomic E-state index is 0.347. The Morgan fingerprint density at radius 3 is 2.44 bits per heavy atom. The lowest BCUT2D eigenvalue weighted by Crippen LogP contribution is -2.18. The molecule has 1 N–H and O–H groups in total. The summed E-state index contributed by atoms with van der Waals surface area (Å²) in [5.74, 6) is 0. The summed E-state index contributed by atoms with van der Waals surface area (Å²) >= 11 is 0. The molecule has 0 bridgehead atoms. The van der Waals surface area contributed by atoms with Crippen LogP contribution >= 0.6 is 0 Å². The van der Waals surface area contributed by atoms with Crippen molar-refractivity contribution >= 4 is 0 Å². The first-order valence-electron chi connectivity index (χ1n) is 6.46. The summed E-state index contributed by atoms with van der Waals surface area (Å²) in [4.78, 5) is 0. The number of rotatable bonds is 5. The molecule has 2 aromatic rings. The summed E-state index contributed by atoms with van der Waals surface area (Å²) in [5, 5.41) is 7.59. The third kappa shape index (κ3) is 2.99. The Balaban J connectivity index is 2.12. The highest BCUT2D eigenvalue weighted by Gasteiger charge is 2.10. The van der Waals surface area contributed by atoms with Gasteiger partial charge in [0.25, 0.3) is 0 Å².